The molecular weight excluding hydrogens is 390 g/mol. The Morgan fingerprint density at radius 3 is 2.62 bits per heavy atom. The monoisotopic (exact) mass is 413 g/mol. The molecule has 0 bridgehead atoms. The van der Waals surface area contributed by atoms with Crippen molar-refractivity contribution in [2.24, 2.45) is 0 Å². The molecule has 0 fully saturated rings. The van der Waals surface area contributed by atoms with Gasteiger partial charge >= 0.3 is 0 Å². The zero-order chi connectivity index (χ0) is 21.0. The van der Waals surface area contributed by atoms with E-state index in [0.29, 0.717) is 33.7 Å². The van der Waals surface area contributed by atoms with Crippen molar-refractivity contribution < 1.29 is 19.1 Å². The van der Waals surface area contributed by atoms with Crippen LogP contribution in [0.2, 0.25) is 5.02 Å². The van der Waals surface area contributed by atoms with Gasteiger partial charge in [-0.1, -0.05) is 37.6 Å². The smallest absolute Gasteiger partial charge is 0.262 e. The Kier molecular flexibility index (Phi) is 6.62. The number of hydrogen-bond acceptors (Lipinski definition) is 4. The Morgan fingerprint density at radius 2 is 1.97 bits per heavy atom. The van der Waals surface area contributed by atoms with Gasteiger partial charge in [0, 0.05) is 11.3 Å². The van der Waals surface area contributed by atoms with E-state index in [1.807, 2.05) is 25.1 Å². The Balaban J connectivity index is 1.65. The summed E-state index contributed by atoms with van der Waals surface area (Å²) in [6.07, 6.45) is 0. The summed E-state index contributed by atoms with van der Waals surface area (Å²) in [4.78, 5) is 12.3. The molecule has 0 aliphatic heterocycles. The Labute approximate surface area is 175 Å². The van der Waals surface area contributed by atoms with Gasteiger partial charge in [0.25, 0.3) is 5.91 Å². The van der Waals surface area contributed by atoms with Crippen molar-refractivity contribution in [1.82, 2.24) is 0 Å². The van der Waals surface area contributed by atoms with Gasteiger partial charge in [-0.05, 0) is 60.4 Å². The first-order valence-electron chi connectivity index (χ1n) is 9.40. The van der Waals surface area contributed by atoms with Gasteiger partial charge in [-0.2, -0.15) is 0 Å². The summed E-state index contributed by atoms with van der Waals surface area (Å²) in [6.45, 7) is 5.89. The number of furan rings is 1. The van der Waals surface area contributed by atoms with Gasteiger partial charge in [-0.25, -0.2) is 0 Å². The Hall–Kier alpha value is -2.76. The fraction of sp³-hybridized carbons (Fsp3) is 0.261. The predicted octanol–water partition coefficient (Wildman–Crippen LogP) is 5.54. The van der Waals surface area contributed by atoms with Crippen LogP contribution in [0.4, 0.5) is 5.69 Å². The molecule has 152 valence electrons. The maximum atomic E-state index is 12.3. The lowest BCUT2D eigenvalue weighted by Crippen LogP contribution is -2.20. The Morgan fingerprint density at radius 1 is 1.17 bits per heavy atom. The minimum atomic E-state index is -0.273. The van der Waals surface area contributed by atoms with Gasteiger partial charge in [0.1, 0.15) is 23.9 Å². The lowest BCUT2D eigenvalue weighted by Gasteiger charge is -2.15. The summed E-state index contributed by atoms with van der Waals surface area (Å²) in [5.74, 6) is 1.77. The van der Waals surface area contributed by atoms with E-state index in [4.69, 9.17) is 25.9 Å². The third-order valence-electron chi connectivity index (χ3n) is 4.49. The number of hydrogen-bond donors (Lipinski definition) is 2. The van der Waals surface area contributed by atoms with Gasteiger partial charge in [-0.3, -0.25) is 4.79 Å². The normalized spacial score (nSPS) is 11.0. The third-order valence-corrected chi connectivity index (χ3v) is 4.80. The van der Waals surface area contributed by atoms with Crippen LogP contribution in [-0.4, -0.2) is 17.6 Å². The molecule has 3 rings (SSSR count). The zero-order valence-corrected chi connectivity index (χ0v) is 17.4. The molecule has 3 aromatic rings. The van der Waals surface area contributed by atoms with Crippen LogP contribution >= 0.6 is 11.6 Å². The topological polar surface area (TPSA) is 71.7 Å². The van der Waals surface area contributed by atoms with E-state index in [1.54, 1.807) is 30.3 Å². The molecule has 0 atom stereocenters. The summed E-state index contributed by atoms with van der Waals surface area (Å²) in [7, 11) is 0. The number of carbonyl (C=O) groups is 1. The minimum absolute atomic E-state index is 0.0966. The molecule has 1 amide bonds. The molecule has 5 nitrogen and oxygen atoms in total. The van der Waals surface area contributed by atoms with Gasteiger partial charge < -0.3 is 19.6 Å². The largest absolute Gasteiger partial charge is 0.483 e. The molecule has 1 aromatic heterocycles. The van der Waals surface area contributed by atoms with Crippen molar-refractivity contribution in [3.8, 4) is 17.1 Å². The number of aryl methyl sites for hydroxylation is 1. The maximum Gasteiger partial charge on any atom is 0.262 e. The molecule has 1 heterocycles. The van der Waals surface area contributed by atoms with Crippen molar-refractivity contribution in [2.75, 3.05) is 11.9 Å². The number of benzene rings is 2. The van der Waals surface area contributed by atoms with Gasteiger partial charge in [0.15, 0.2) is 6.61 Å². The number of carbonyl (C=O) groups excluding carboxylic acids is 1. The second-order valence-electron chi connectivity index (χ2n) is 7.15. The van der Waals surface area contributed by atoms with Crippen LogP contribution in [0.15, 0.2) is 52.9 Å². The van der Waals surface area contributed by atoms with Crippen molar-refractivity contribution >= 4 is 23.2 Å². The summed E-state index contributed by atoms with van der Waals surface area (Å²) in [5, 5.41) is 12.3. The van der Waals surface area contributed by atoms with E-state index in [1.165, 1.54) is 0 Å². The van der Waals surface area contributed by atoms with Crippen LogP contribution < -0.4 is 10.1 Å². The molecule has 0 aliphatic rings. The summed E-state index contributed by atoms with van der Waals surface area (Å²) in [5.41, 5.74) is 3.39. The number of anilines is 1. The highest BCUT2D eigenvalue weighted by atomic mass is 35.5. The SMILES string of the molecule is Cc1ccc(C(C)C)c(OCC(=O)Nc2ccc(-c3ccc(CO)o3)c(Cl)c2)c1. The van der Waals surface area contributed by atoms with E-state index >= 15 is 0 Å². The van der Waals surface area contributed by atoms with Gasteiger partial charge in [0.05, 0.1) is 5.02 Å². The highest BCUT2D eigenvalue weighted by Gasteiger charge is 2.13. The number of halogens is 1. The molecule has 2 N–H and O–H groups in total. The van der Waals surface area contributed by atoms with E-state index in [0.717, 1.165) is 16.9 Å². The molecule has 0 spiro atoms. The fourth-order valence-electron chi connectivity index (χ4n) is 2.98. The first kappa shape index (κ1) is 21.0. The summed E-state index contributed by atoms with van der Waals surface area (Å²) < 4.78 is 11.3. The minimum Gasteiger partial charge on any atom is -0.483 e. The number of aliphatic hydroxyl groups is 1. The van der Waals surface area contributed by atoms with E-state index in [2.05, 4.69) is 19.2 Å². The van der Waals surface area contributed by atoms with Crippen molar-refractivity contribution in [3.63, 3.8) is 0 Å². The maximum absolute atomic E-state index is 12.3. The summed E-state index contributed by atoms with van der Waals surface area (Å²) in [6, 6.07) is 14.6. The molecule has 0 saturated heterocycles. The molecule has 29 heavy (non-hydrogen) atoms. The molecular formula is C23H24ClNO4. The molecule has 0 radical (unpaired) electrons. The predicted molar refractivity (Wildman–Crippen MR) is 114 cm³/mol. The summed E-state index contributed by atoms with van der Waals surface area (Å²) >= 11 is 6.34. The second kappa shape index (κ2) is 9.16. The van der Waals surface area contributed by atoms with Crippen LogP contribution in [-0.2, 0) is 11.4 Å². The number of nitrogens with one attached hydrogen (secondary N) is 1. The molecule has 0 saturated carbocycles. The lowest BCUT2D eigenvalue weighted by atomic mass is 10.0. The van der Waals surface area contributed by atoms with Gasteiger partial charge in [0.2, 0.25) is 0 Å². The molecule has 0 aliphatic carbocycles. The van der Waals surface area contributed by atoms with Crippen LogP contribution in [0.3, 0.4) is 0 Å². The van der Waals surface area contributed by atoms with Crippen molar-refractivity contribution in [3.05, 3.63) is 70.4 Å². The third kappa shape index (κ3) is 5.19. The van der Waals surface area contributed by atoms with Crippen molar-refractivity contribution in [2.45, 2.75) is 33.3 Å². The van der Waals surface area contributed by atoms with E-state index < -0.39 is 0 Å². The lowest BCUT2D eigenvalue weighted by molar-refractivity contribution is -0.118. The average Bonchev–Trinajstić information content (AvgIpc) is 3.15. The number of amides is 1. The van der Waals surface area contributed by atoms with E-state index in [9.17, 15) is 4.79 Å². The number of aliphatic hydroxyl groups excluding tert-OH is 1. The molecule has 0 unspecified atom stereocenters. The average molecular weight is 414 g/mol. The molecule has 6 heteroatoms. The van der Waals surface area contributed by atoms with Crippen LogP contribution in [0, 0.1) is 6.92 Å². The van der Waals surface area contributed by atoms with Crippen LogP contribution in [0.5, 0.6) is 5.75 Å². The van der Waals surface area contributed by atoms with Crippen LogP contribution in [0.25, 0.3) is 11.3 Å². The number of rotatable bonds is 7. The highest BCUT2D eigenvalue weighted by Crippen LogP contribution is 2.32. The first-order chi connectivity index (χ1) is 13.9. The fourth-order valence-corrected chi connectivity index (χ4v) is 3.26. The number of ether oxygens (including phenoxy) is 1. The van der Waals surface area contributed by atoms with E-state index in [-0.39, 0.29) is 19.1 Å². The van der Waals surface area contributed by atoms with Crippen LogP contribution in [0.1, 0.15) is 36.7 Å². The highest BCUT2D eigenvalue weighted by molar-refractivity contribution is 6.33. The second-order valence-corrected chi connectivity index (χ2v) is 7.56. The Bertz CT molecular complexity index is 1010. The van der Waals surface area contributed by atoms with Gasteiger partial charge in [-0.15, -0.1) is 0 Å². The molecule has 2 aromatic carbocycles. The zero-order valence-electron chi connectivity index (χ0n) is 16.7. The van der Waals surface area contributed by atoms with Crippen molar-refractivity contribution in [1.29, 1.82) is 0 Å². The standard InChI is InChI=1S/C23H24ClNO4/c1-14(2)18-7-4-15(3)10-22(18)28-13-23(27)25-16-5-8-19(20(24)11-16)21-9-6-17(12-26)29-21/h4-11,14,26H,12-13H2,1-3H3,(H,25,27). The first-order valence-corrected chi connectivity index (χ1v) is 9.78. The quantitative estimate of drug-likeness (QED) is 0.533.